The molecule has 0 saturated carbocycles. The summed E-state index contributed by atoms with van der Waals surface area (Å²) in [6.45, 7) is 8.48. The number of aromatic nitrogens is 4. The van der Waals surface area contributed by atoms with Crippen molar-refractivity contribution in [3.63, 3.8) is 0 Å². The number of rotatable bonds is 3. The normalized spacial score (nSPS) is 12.0. The topological polar surface area (TPSA) is 63.1 Å². The van der Waals surface area contributed by atoms with Crippen molar-refractivity contribution in [2.75, 3.05) is 0 Å². The van der Waals surface area contributed by atoms with Crippen LogP contribution in [0.4, 0.5) is 0 Å². The molecule has 0 spiro atoms. The Morgan fingerprint density at radius 3 is 2.48 bits per heavy atom. The molecule has 5 nitrogen and oxygen atoms in total. The smallest absolute Gasteiger partial charge is 0.277 e. The van der Waals surface area contributed by atoms with Gasteiger partial charge in [-0.3, -0.25) is 4.79 Å². The summed E-state index contributed by atoms with van der Waals surface area (Å²) >= 11 is 0. The fourth-order valence-electron chi connectivity index (χ4n) is 2.70. The summed E-state index contributed by atoms with van der Waals surface area (Å²) < 4.78 is 1.73. The number of fused-ring (bicyclic) bond motifs is 1. The molecule has 120 valence electrons. The monoisotopic (exact) mass is 310 g/mol. The third-order valence-electron chi connectivity index (χ3n) is 3.71. The Labute approximate surface area is 135 Å². The lowest BCUT2D eigenvalue weighted by atomic mass is 9.92. The Morgan fingerprint density at radius 2 is 1.87 bits per heavy atom. The van der Waals surface area contributed by atoms with Crippen molar-refractivity contribution in [1.29, 1.82) is 0 Å². The van der Waals surface area contributed by atoms with Gasteiger partial charge in [-0.1, -0.05) is 58.0 Å². The zero-order valence-corrected chi connectivity index (χ0v) is 14.1. The van der Waals surface area contributed by atoms with Gasteiger partial charge < -0.3 is 4.98 Å². The predicted octanol–water partition coefficient (Wildman–Crippen LogP) is 3.24. The van der Waals surface area contributed by atoms with Crippen molar-refractivity contribution in [2.24, 2.45) is 5.41 Å². The minimum Gasteiger partial charge on any atom is -0.303 e. The largest absolute Gasteiger partial charge is 0.303 e. The molecule has 0 saturated heterocycles. The van der Waals surface area contributed by atoms with Crippen LogP contribution in [0.2, 0.25) is 0 Å². The Bertz CT molecular complexity index is 885. The van der Waals surface area contributed by atoms with E-state index < -0.39 is 0 Å². The minimum atomic E-state index is -0.136. The van der Waals surface area contributed by atoms with Crippen molar-refractivity contribution < 1.29 is 0 Å². The molecular formula is C18H22N4O. The van der Waals surface area contributed by atoms with Gasteiger partial charge in [-0.25, -0.2) is 9.50 Å². The highest BCUT2D eigenvalue weighted by atomic mass is 16.1. The van der Waals surface area contributed by atoms with E-state index in [2.05, 4.69) is 35.8 Å². The molecular weight excluding hydrogens is 288 g/mol. The Kier molecular flexibility index (Phi) is 3.80. The lowest BCUT2D eigenvalue weighted by Crippen LogP contribution is -2.18. The molecule has 0 bridgehead atoms. The molecule has 0 amide bonds. The number of hydrogen-bond acceptors (Lipinski definition) is 3. The third-order valence-corrected chi connectivity index (χ3v) is 3.71. The van der Waals surface area contributed by atoms with Crippen LogP contribution in [0.15, 0.2) is 35.1 Å². The van der Waals surface area contributed by atoms with E-state index in [0.717, 1.165) is 23.5 Å². The van der Waals surface area contributed by atoms with Crippen LogP contribution >= 0.6 is 0 Å². The van der Waals surface area contributed by atoms with Crippen LogP contribution in [0.5, 0.6) is 0 Å². The zero-order valence-electron chi connectivity index (χ0n) is 14.1. The second kappa shape index (κ2) is 5.65. The number of nitrogens with zero attached hydrogens (tertiary/aromatic N) is 3. The summed E-state index contributed by atoms with van der Waals surface area (Å²) in [5, 5.41) is 4.66. The van der Waals surface area contributed by atoms with Crippen molar-refractivity contribution in [3.8, 4) is 11.4 Å². The molecule has 0 atom stereocenters. The number of nitrogens with one attached hydrogen (secondary N) is 1. The van der Waals surface area contributed by atoms with Crippen LogP contribution < -0.4 is 5.56 Å². The van der Waals surface area contributed by atoms with Gasteiger partial charge in [0.15, 0.2) is 11.3 Å². The number of benzene rings is 1. The molecule has 2 aromatic heterocycles. The lowest BCUT2D eigenvalue weighted by molar-refractivity contribution is 0.397. The van der Waals surface area contributed by atoms with Gasteiger partial charge in [0.25, 0.3) is 5.56 Å². The maximum Gasteiger partial charge on any atom is 0.277 e. The van der Waals surface area contributed by atoms with Crippen molar-refractivity contribution >= 4 is 5.52 Å². The zero-order chi connectivity index (χ0) is 16.6. The Hall–Kier alpha value is -2.43. The number of imidazole rings is 1. The Balaban J connectivity index is 2.25. The fraction of sp³-hybridized carbons (Fsp3) is 0.389. The van der Waals surface area contributed by atoms with E-state index in [9.17, 15) is 4.79 Å². The molecule has 1 aromatic carbocycles. The van der Waals surface area contributed by atoms with E-state index in [1.54, 1.807) is 4.52 Å². The van der Waals surface area contributed by atoms with E-state index in [0.29, 0.717) is 17.8 Å². The SMILES string of the molecule is CCc1nc(CC(C)(C)C)n2nc(-c3ccccc3)[nH]c(=O)c12. The predicted molar refractivity (Wildman–Crippen MR) is 91.6 cm³/mol. The molecule has 0 aliphatic carbocycles. The second-order valence-electron chi connectivity index (χ2n) is 6.99. The summed E-state index contributed by atoms with van der Waals surface area (Å²) in [7, 11) is 0. The average Bonchev–Trinajstić information content (AvgIpc) is 2.85. The van der Waals surface area contributed by atoms with Gasteiger partial charge in [-0.05, 0) is 11.8 Å². The van der Waals surface area contributed by atoms with Gasteiger partial charge in [0, 0.05) is 12.0 Å². The molecule has 2 heterocycles. The summed E-state index contributed by atoms with van der Waals surface area (Å²) in [5.41, 5.74) is 2.19. The molecule has 23 heavy (non-hydrogen) atoms. The first kappa shape index (κ1) is 15.5. The molecule has 0 unspecified atom stereocenters. The number of aryl methyl sites for hydroxylation is 1. The average molecular weight is 310 g/mol. The van der Waals surface area contributed by atoms with Gasteiger partial charge in [0.1, 0.15) is 5.82 Å². The van der Waals surface area contributed by atoms with E-state index in [1.165, 1.54) is 0 Å². The van der Waals surface area contributed by atoms with Gasteiger partial charge >= 0.3 is 0 Å². The molecule has 1 N–H and O–H groups in total. The van der Waals surface area contributed by atoms with Crippen LogP contribution in [0.25, 0.3) is 16.9 Å². The highest BCUT2D eigenvalue weighted by Gasteiger charge is 2.20. The summed E-state index contributed by atoms with van der Waals surface area (Å²) in [6.07, 6.45) is 1.47. The van der Waals surface area contributed by atoms with E-state index in [-0.39, 0.29) is 11.0 Å². The minimum absolute atomic E-state index is 0.0729. The summed E-state index contributed by atoms with van der Waals surface area (Å²) in [4.78, 5) is 20.1. The molecule has 0 radical (unpaired) electrons. The fourth-order valence-corrected chi connectivity index (χ4v) is 2.70. The maximum atomic E-state index is 12.6. The Morgan fingerprint density at radius 1 is 1.17 bits per heavy atom. The van der Waals surface area contributed by atoms with Gasteiger partial charge in [0.2, 0.25) is 0 Å². The quantitative estimate of drug-likeness (QED) is 0.808. The van der Waals surface area contributed by atoms with Crippen LogP contribution in [0.1, 0.15) is 39.2 Å². The maximum absolute atomic E-state index is 12.6. The van der Waals surface area contributed by atoms with E-state index >= 15 is 0 Å². The molecule has 0 aliphatic rings. The van der Waals surface area contributed by atoms with Gasteiger partial charge in [-0.15, -0.1) is 5.10 Å². The van der Waals surface area contributed by atoms with Crippen LogP contribution in [-0.4, -0.2) is 19.6 Å². The second-order valence-corrected chi connectivity index (χ2v) is 6.99. The van der Waals surface area contributed by atoms with Gasteiger partial charge in [0.05, 0.1) is 5.69 Å². The highest BCUT2D eigenvalue weighted by Crippen LogP contribution is 2.22. The molecule has 5 heteroatoms. The van der Waals surface area contributed by atoms with Crippen molar-refractivity contribution in [3.05, 3.63) is 52.2 Å². The highest BCUT2D eigenvalue weighted by molar-refractivity contribution is 5.57. The number of H-pyrrole nitrogens is 1. The van der Waals surface area contributed by atoms with Crippen molar-refractivity contribution in [1.82, 2.24) is 19.6 Å². The molecule has 0 aliphatic heterocycles. The van der Waals surface area contributed by atoms with Gasteiger partial charge in [-0.2, -0.15) is 0 Å². The molecule has 3 rings (SSSR count). The van der Waals surface area contributed by atoms with Crippen molar-refractivity contribution in [2.45, 2.75) is 40.5 Å². The lowest BCUT2D eigenvalue weighted by Gasteiger charge is -2.16. The number of aromatic amines is 1. The first-order valence-electron chi connectivity index (χ1n) is 7.95. The van der Waals surface area contributed by atoms with E-state index in [4.69, 9.17) is 0 Å². The van der Waals surface area contributed by atoms with Crippen LogP contribution in [0, 0.1) is 5.41 Å². The first-order chi connectivity index (χ1) is 10.9. The summed E-state index contributed by atoms with van der Waals surface area (Å²) in [5.74, 6) is 1.41. The van der Waals surface area contributed by atoms with Crippen LogP contribution in [0.3, 0.4) is 0 Å². The van der Waals surface area contributed by atoms with Crippen LogP contribution in [-0.2, 0) is 12.8 Å². The molecule has 0 fully saturated rings. The molecule has 3 aromatic rings. The standard InChI is InChI=1S/C18H22N4O/c1-5-13-15-17(23)20-16(12-9-7-6-8-10-12)21-22(15)14(19-13)11-18(2,3)4/h6-10H,5,11H2,1-4H3,(H,20,21,23). The number of hydrogen-bond donors (Lipinski definition) is 1. The third kappa shape index (κ3) is 3.04. The first-order valence-corrected chi connectivity index (χ1v) is 7.95. The summed E-state index contributed by atoms with van der Waals surface area (Å²) in [6, 6.07) is 9.68. The van der Waals surface area contributed by atoms with E-state index in [1.807, 2.05) is 37.3 Å².